The second-order valence-corrected chi connectivity index (χ2v) is 3.85. The van der Waals surface area contributed by atoms with E-state index < -0.39 is 18.3 Å². The SMILES string of the molecule is O=C([O-])Cn1c(=O)oc2ccc(Br)cc21. The predicted molar refractivity (Wildman–Crippen MR) is 53.2 cm³/mol. The number of hydrogen-bond acceptors (Lipinski definition) is 4. The Hall–Kier alpha value is -1.56. The van der Waals surface area contributed by atoms with Crippen LogP contribution >= 0.6 is 15.9 Å². The zero-order valence-corrected chi connectivity index (χ0v) is 8.98. The molecule has 0 amide bonds. The monoisotopic (exact) mass is 270 g/mol. The number of rotatable bonds is 2. The van der Waals surface area contributed by atoms with Gasteiger partial charge in [-0.1, -0.05) is 15.9 Å². The van der Waals surface area contributed by atoms with E-state index in [4.69, 9.17) is 4.42 Å². The van der Waals surface area contributed by atoms with Gasteiger partial charge in [-0.3, -0.25) is 4.57 Å². The van der Waals surface area contributed by atoms with Crippen molar-refractivity contribution < 1.29 is 14.3 Å². The standard InChI is InChI=1S/C9H6BrNO4/c10-5-1-2-7-6(3-5)11(4-8(12)13)9(14)15-7/h1-3H,4H2,(H,12,13)/p-1. The van der Waals surface area contributed by atoms with Crippen molar-refractivity contribution in [3.05, 3.63) is 33.2 Å². The van der Waals surface area contributed by atoms with Crippen molar-refractivity contribution in [3.8, 4) is 0 Å². The Morgan fingerprint density at radius 3 is 2.93 bits per heavy atom. The number of carbonyl (C=O) groups excluding carboxylic acids is 1. The van der Waals surface area contributed by atoms with Crippen LogP contribution in [0.1, 0.15) is 0 Å². The van der Waals surface area contributed by atoms with Gasteiger partial charge in [-0.25, -0.2) is 4.79 Å². The van der Waals surface area contributed by atoms with Gasteiger partial charge in [0.25, 0.3) is 0 Å². The van der Waals surface area contributed by atoms with E-state index in [0.29, 0.717) is 11.1 Å². The molecule has 6 heteroatoms. The number of hydrogen-bond donors (Lipinski definition) is 0. The van der Waals surface area contributed by atoms with Crippen LogP contribution in [-0.4, -0.2) is 10.5 Å². The van der Waals surface area contributed by atoms with E-state index in [2.05, 4.69) is 15.9 Å². The Morgan fingerprint density at radius 2 is 2.27 bits per heavy atom. The molecule has 0 aliphatic heterocycles. The van der Waals surface area contributed by atoms with Gasteiger partial charge in [0.2, 0.25) is 0 Å². The Bertz CT molecular complexity index is 583. The van der Waals surface area contributed by atoms with E-state index in [1.54, 1.807) is 18.2 Å². The molecular formula is C9H5BrNO4-. The molecule has 1 heterocycles. The van der Waals surface area contributed by atoms with Crippen LogP contribution in [0.4, 0.5) is 0 Å². The van der Waals surface area contributed by atoms with Crippen molar-refractivity contribution in [1.82, 2.24) is 4.57 Å². The van der Waals surface area contributed by atoms with Gasteiger partial charge in [0.1, 0.15) is 0 Å². The summed E-state index contributed by atoms with van der Waals surface area (Å²) in [6, 6.07) is 4.91. The summed E-state index contributed by atoms with van der Waals surface area (Å²) in [6.07, 6.45) is 0. The first-order chi connectivity index (χ1) is 7.08. The molecule has 1 aromatic carbocycles. The fourth-order valence-corrected chi connectivity index (χ4v) is 1.66. The minimum Gasteiger partial charge on any atom is -0.548 e. The molecular weight excluding hydrogens is 266 g/mol. The number of halogens is 1. The van der Waals surface area contributed by atoms with Gasteiger partial charge in [-0.2, -0.15) is 0 Å². The molecule has 0 saturated heterocycles. The Balaban J connectivity index is 2.70. The van der Waals surface area contributed by atoms with E-state index in [9.17, 15) is 14.7 Å². The Labute approximate surface area is 92.1 Å². The zero-order valence-electron chi connectivity index (χ0n) is 7.40. The third kappa shape index (κ3) is 1.80. The average molecular weight is 271 g/mol. The summed E-state index contributed by atoms with van der Waals surface area (Å²) in [5.41, 5.74) is 0.781. The van der Waals surface area contributed by atoms with Crippen molar-refractivity contribution in [2.24, 2.45) is 0 Å². The Morgan fingerprint density at radius 1 is 1.53 bits per heavy atom. The number of benzene rings is 1. The van der Waals surface area contributed by atoms with Crippen LogP contribution in [0, 0.1) is 0 Å². The number of carboxylic acids is 1. The third-order valence-corrected chi connectivity index (χ3v) is 2.41. The van der Waals surface area contributed by atoms with Gasteiger partial charge >= 0.3 is 5.76 Å². The molecule has 2 aromatic rings. The minimum absolute atomic E-state index is 0.351. The summed E-state index contributed by atoms with van der Waals surface area (Å²) in [5.74, 6) is -2.04. The lowest BCUT2D eigenvalue weighted by atomic mass is 10.3. The molecule has 0 spiro atoms. The maximum Gasteiger partial charge on any atom is 0.420 e. The summed E-state index contributed by atoms with van der Waals surface area (Å²) >= 11 is 3.22. The molecule has 0 radical (unpaired) electrons. The van der Waals surface area contributed by atoms with Gasteiger partial charge in [-0.15, -0.1) is 0 Å². The van der Waals surface area contributed by atoms with E-state index >= 15 is 0 Å². The fourth-order valence-electron chi connectivity index (χ4n) is 1.31. The summed E-state index contributed by atoms with van der Waals surface area (Å²) in [5, 5.41) is 10.4. The summed E-state index contributed by atoms with van der Waals surface area (Å²) < 4.78 is 6.60. The third-order valence-electron chi connectivity index (χ3n) is 1.92. The molecule has 0 saturated carbocycles. The van der Waals surface area contributed by atoms with Gasteiger partial charge in [0.05, 0.1) is 18.0 Å². The predicted octanol–water partition coefficient (Wildman–Crippen LogP) is 0.107. The van der Waals surface area contributed by atoms with Gasteiger partial charge in [0, 0.05) is 4.47 Å². The first kappa shape index (κ1) is 9.97. The summed E-state index contributed by atoms with van der Waals surface area (Å²) in [7, 11) is 0. The van der Waals surface area contributed by atoms with Crippen LogP contribution in [-0.2, 0) is 11.3 Å². The van der Waals surface area contributed by atoms with Crippen molar-refractivity contribution in [1.29, 1.82) is 0 Å². The summed E-state index contributed by atoms with van der Waals surface area (Å²) in [4.78, 5) is 21.7. The van der Waals surface area contributed by atoms with Crippen LogP contribution in [0.15, 0.2) is 31.9 Å². The number of oxazole rings is 1. The van der Waals surface area contributed by atoms with E-state index in [-0.39, 0.29) is 0 Å². The Kier molecular flexibility index (Phi) is 2.36. The van der Waals surface area contributed by atoms with Gasteiger partial charge < -0.3 is 14.3 Å². The molecule has 0 aliphatic rings. The molecule has 0 N–H and O–H groups in total. The molecule has 0 atom stereocenters. The second-order valence-electron chi connectivity index (χ2n) is 2.94. The molecule has 0 unspecified atom stereocenters. The van der Waals surface area contributed by atoms with Gasteiger partial charge in [-0.05, 0) is 18.2 Å². The maximum atomic E-state index is 11.3. The highest BCUT2D eigenvalue weighted by atomic mass is 79.9. The summed E-state index contributed by atoms with van der Waals surface area (Å²) in [6.45, 7) is -0.512. The first-order valence-corrected chi connectivity index (χ1v) is 4.86. The lowest BCUT2D eigenvalue weighted by Gasteiger charge is -2.02. The van der Waals surface area contributed by atoms with Crippen molar-refractivity contribution >= 4 is 33.0 Å². The van der Waals surface area contributed by atoms with Crippen LogP contribution in [0.25, 0.3) is 11.1 Å². The highest BCUT2D eigenvalue weighted by Crippen LogP contribution is 2.18. The van der Waals surface area contributed by atoms with Crippen LogP contribution in [0.3, 0.4) is 0 Å². The molecule has 1 aromatic heterocycles. The van der Waals surface area contributed by atoms with E-state index in [1.165, 1.54) is 0 Å². The van der Waals surface area contributed by atoms with Crippen LogP contribution in [0.2, 0.25) is 0 Å². The average Bonchev–Trinajstić information content (AvgIpc) is 2.43. The minimum atomic E-state index is -1.33. The molecule has 0 fully saturated rings. The highest BCUT2D eigenvalue weighted by Gasteiger charge is 2.08. The number of aliphatic carboxylic acids is 1. The van der Waals surface area contributed by atoms with E-state index in [0.717, 1.165) is 9.04 Å². The fraction of sp³-hybridized carbons (Fsp3) is 0.111. The smallest absolute Gasteiger partial charge is 0.420 e. The quantitative estimate of drug-likeness (QED) is 0.776. The van der Waals surface area contributed by atoms with Crippen molar-refractivity contribution in [3.63, 3.8) is 0 Å². The molecule has 0 bridgehead atoms. The first-order valence-electron chi connectivity index (χ1n) is 4.06. The number of aromatic nitrogens is 1. The number of carboxylic acid groups (broad SMARTS) is 1. The van der Waals surface area contributed by atoms with Crippen molar-refractivity contribution in [2.45, 2.75) is 6.54 Å². The zero-order chi connectivity index (χ0) is 11.0. The molecule has 15 heavy (non-hydrogen) atoms. The van der Waals surface area contributed by atoms with Crippen LogP contribution in [0.5, 0.6) is 0 Å². The molecule has 0 aliphatic carbocycles. The number of fused-ring (bicyclic) bond motifs is 1. The largest absolute Gasteiger partial charge is 0.548 e. The highest BCUT2D eigenvalue weighted by molar-refractivity contribution is 9.10. The molecule has 2 rings (SSSR count). The molecule has 5 nitrogen and oxygen atoms in total. The maximum absolute atomic E-state index is 11.3. The lowest BCUT2D eigenvalue weighted by Crippen LogP contribution is -2.31. The normalized spacial score (nSPS) is 10.7. The van der Waals surface area contributed by atoms with Crippen molar-refractivity contribution in [2.75, 3.05) is 0 Å². The lowest BCUT2D eigenvalue weighted by molar-refractivity contribution is -0.306. The topological polar surface area (TPSA) is 75.3 Å². The number of nitrogens with zero attached hydrogens (tertiary/aromatic N) is 1. The van der Waals surface area contributed by atoms with Crippen LogP contribution < -0.4 is 10.9 Å². The van der Waals surface area contributed by atoms with Gasteiger partial charge in [0.15, 0.2) is 5.58 Å². The molecule has 78 valence electrons. The second kappa shape index (κ2) is 3.54. The van der Waals surface area contributed by atoms with E-state index in [1.807, 2.05) is 0 Å². The number of carbonyl (C=O) groups is 1.